The number of rotatable bonds is 5. The molecule has 0 unspecified atom stereocenters. The largest absolute Gasteiger partial charge is 0.468 e. The Bertz CT molecular complexity index is 539. The molecule has 6 heteroatoms. The number of methoxy groups -OCH3 is 1. The van der Waals surface area contributed by atoms with Crippen molar-refractivity contribution >= 4 is 5.97 Å². The number of carbonyl (C=O) groups is 1. The van der Waals surface area contributed by atoms with Crippen molar-refractivity contribution < 1.29 is 13.9 Å². The van der Waals surface area contributed by atoms with Crippen LogP contribution >= 0.6 is 0 Å². The summed E-state index contributed by atoms with van der Waals surface area (Å²) >= 11 is 0. The monoisotopic (exact) mass is 261 g/mol. The van der Waals surface area contributed by atoms with Gasteiger partial charge >= 0.3 is 5.97 Å². The second kappa shape index (κ2) is 6.10. The van der Waals surface area contributed by atoms with Gasteiger partial charge in [-0.25, -0.2) is 0 Å². The third-order valence-corrected chi connectivity index (χ3v) is 2.52. The van der Waals surface area contributed by atoms with E-state index in [0.29, 0.717) is 18.3 Å². The van der Waals surface area contributed by atoms with Gasteiger partial charge in [-0.1, -0.05) is 18.2 Å². The number of hydrogen-bond acceptors (Lipinski definition) is 6. The third kappa shape index (κ3) is 3.62. The van der Waals surface area contributed by atoms with E-state index in [2.05, 4.69) is 14.9 Å². The molecule has 2 rings (SSSR count). The molecular weight excluding hydrogens is 246 g/mol. The Balaban J connectivity index is 2.00. The molecule has 0 bridgehead atoms. The minimum atomic E-state index is -0.301. The molecule has 0 atom stereocenters. The number of likely N-dealkylation sites (N-methyl/N-ethyl adjacent to an activating group) is 1. The minimum Gasteiger partial charge on any atom is -0.468 e. The third-order valence-electron chi connectivity index (χ3n) is 2.52. The zero-order valence-corrected chi connectivity index (χ0v) is 10.9. The van der Waals surface area contributed by atoms with Crippen LogP contribution in [-0.4, -0.2) is 41.8 Å². The predicted molar refractivity (Wildman–Crippen MR) is 68.1 cm³/mol. The molecule has 6 nitrogen and oxygen atoms in total. The van der Waals surface area contributed by atoms with E-state index in [9.17, 15) is 4.79 Å². The van der Waals surface area contributed by atoms with E-state index in [0.717, 1.165) is 5.56 Å². The van der Waals surface area contributed by atoms with Crippen molar-refractivity contribution in [1.29, 1.82) is 0 Å². The number of esters is 1. The maximum atomic E-state index is 11.1. The number of benzene rings is 1. The summed E-state index contributed by atoms with van der Waals surface area (Å²) in [7, 11) is 3.14. The van der Waals surface area contributed by atoms with Crippen molar-refractivity contribution in [3.8, 4) is 11.5 Å². The zero-order chi connectivity index (χ0) is 13.7. The molecule has 0 saturated heterocycles. The highest BCUT2D eigenvalue weighted by Gasteiger charge is 2.12. The Kier molecular flexibility index (Phi) is 4.25. The van der Waals surface area contributed by atoms with Crippen LogP contribution < -0.4 is 0 Å². The number of ether oxygens (including phenoxy) is 1. The van der Waals surface area contributed by atoms with Gasteiger partial charge in [-0.2, -0.15) is 0 Å². The van der Waals surface area contributed by atoms with E-state index >= 15 is 0 Å². The molecule has 0 aliphatic rings. The minimum absolute atomic E-state index is 0.180. The summed E-state index contributed by atoms with van der Waals surface area (Å²) in [4.78, 5) is 12.9. The van der Waals surface area contributed by atoms with Gasteiger partial charge in [0, 0.05) is 5.56 Å². The van der Waals surface area contributed by atoms with Crippen LogP contribution in [0.3, 0.4) is 0 Å². The first-order chi connectivity index (χ1) is 9.19. The second-order valence-electron chi connectivity index (χ2n) is 4.12. The molecule has 1 aromatic carbocycles. The van der Waals surface area contributed by atoms with Crippen LogP contribution in [0.2, 0.25) is 0 Å². The molecule has 2 aromatic rings. The first-order valence-corrected chi connectivity index (χ1v) is 5.82. The van der Waals surface area contributed by atoms with E-state index in [-0.39, 0.29) is 12.5 Å². The molecule has 0 fully saturated rings. The molecule has 0 aliphatic carbocycles. The first kappa shape index (κ1) is 13.2. The second-order valence-corrected chi connectivity index (χ2v) is 4.12. The van der Waals surface area contributed by atoms with Crippen molar-refractivity contribution in [2.75, 3.05) is 20.7 Å². The molecule has 1 heterocycles. The Labute approximate surface area is 111 Å². The molecule has 100 valence electrons. The molecular formula is C13H15N3O3. The average molecular weight is 261 g/mol. The quantitative estimate of drug-likeness (QED) is 0.757. The average Bonchev–Trinajstić information content (AvgIpc) is 2.88. The van der Waals surface area contributed by atoms with Crippen LogP contribution in [-0.2, 0) is 16.1 Å². The highest BCUT2D eigenvalue weighted by atomic mass is 16.5. The standard InChI is InChI=1S/C13H15N3O3/c1-16(9-12(17)18-2)8-11-14-15-13(19-11)10-6-4-3-5-7-10/h3-7H,8-9H2,1-2H3. The van der Waals surface area contributed by atoms with Gasteiger partial charge in [0.15, 0.2) is 0 Å². The van der Waals surface area contributed by atoms with Gasteiger partial charge in [0.25, 0.3) is 0 Å². The first-order valence-electron chi connectivity index (χ1n) is 5.82. The number of hydrogen-bond donors (Lipinski definition) is 0. The van der Waals surface area contributed by atoms with Crippen LogP contribution in [0.4, 0.5) is 0 Å². The number of carbonyl (C=O) groups excluding carboxylic acids is 1. The van der Waals surface area contributed by atoms with Gasteiger partial charge in [0.2, 0.25) is 11.8 Å². The van der Waals surface area contributed by atoms with Crippen LogP contribution in [0.15, 0.2) is 34.7 Å². The summed E-state index contributed by atoms with van der Waals surface area (Å²) in [5, 5.41) is 7.93. The Hall–Kier alpha value is -2.21. The van der Waals surface area contributed by atoms with Gasteiger partial charge in [-0.05, 0) is 19.2 Å². The topological polar surface area (TPSA) is 68.5 Å². The van der Waals surface area contributed by atoms with E-state index < -0.39 is 0 Å². The predicted octanol–water partition coefficient (Wildman–Crippen LogP) is 1.34. The lowest BCUT2D eigenvalue weighted by Crippen LogP contribution is -2.26. The van der Waals surface area contributed by atoms with E-state index in [1.54, 1.807) is 11.9 Å². The van der Waals surface area contributed by atoms with Crippen molar-refractivity contribution in [2.45, 2.75) is 6.54 Å². The summed E-state index contributed by atoms with van der Waals surface area (Å²) in [6, 6.07) is 9.53. The fourth-order valence-electron chi connectivity index (χ4n) is 1.59. The molecule has 0 spiro atoms. The van der Waals surface area contributed by atoms with Crippen LogP contribution in [0.1, 0.15) is 5.89 Å². The van der Waals surface area contributed by atoms with Gasteiger partial charge < -0.3 is 9.15 Å². The highest BCUT2D eigenvalue weighted by molar-refractivity contribution is 5.71. The molecule has 19 heavy (non-hydrogen) atoms. The van der Waals surface area contributed by atoms with Crippen molar-refractivity contribution in [3.05, 3.63) is 36.2 Å². The molecule has 0 radical (unpaired) electrons. The van der Waals surface area contributed by atoms with E-state index in [1.807, 2.05) is 30.3 Å². The summed E-state index contributed by atoms with van der Waals surface area (Å²) in [5.74, 6) is 0.637. The Morgan fingerprint density at radius 2 is 2.05 bits per heavy atom. The Morgan fingerprint density at radius 1 is 1.32 bits per heavy atom. The lowest BCUT2D eigenvalue weighted by Gasteiger charge is -2.11. The van der Waals surface area contributed by atoms with Gasteiger partial charge in [0.1, 0.15) is 0 Å². The normalized spacial score (nSPS) is 10.7. The maximum absolute atomic E-state index is 11.1. The zero-order valence-electron chi connectivity index (χ0n) is 10.9. The molecule has 0 saturated carbocycles. The van der Waals surface area contributed by atoms with Crippen LogP contribution in [0.5, 0.6) is 0 Å². The summed E-state index contributed by atoms with van der Waals surface area (Å²) < 4.78 is 10.1. The Morgan fingerprint density at radius 3 is 2.74 bits per heavy atom. The van der Waals surface area contributed by atoms with E-state index in [4.69, 9.17) is 4.42 Å². The van der Waals surface area contributed by atoms with Gasteiger partial charge in [0.05, 0.1) is 20.2 Å². The van der Waals surface area contributed by atoms with Crippen LogP contribution in [0.25, 0.3) is 11.5 Å². The lowest BCUT2D eigenvalue weighted by molar-refractivity contribution is -0.141. The maximum Gasteiger partial charge on any atom is 0.319 e. The van der Waals surface area contributed by atoms with Crippen molar-refractivity contribution in [1.82, 2.24) is 15.1 Å². The fraction of sp³-hybridized carbons (Fsp3) is 0.308. The van der Waals surface area contributed by atoms with Crippen molar-refractivity contribution in [3.63, 3.8) is 0 Å². The molecule has 1 aromatic heterocycles. The number of aromatic nitrogens is 2. The molecule has 0 N–H and O–H groups in total. The summed E-state index contributed by atoms with van der Waals surface area (Å²) in [6.07, 6.45) is 0. The van der Waals surface area contributed by atoms with E-state index in [1.165, 1.54) is 7.11 Å². The lowest BCUT2D eigenvalue weighted by atomic mass is 10.2. The van der Waals surface area contributed by atoms with Crippen molar-refractivity contribution in [2.24, 2.45) is 0 Å². The summed E-state index contributed by atoms with van der Waals surface area (Å²) in [5.41, 5.74) is 0.872. The molecule has 0 aliphatic heterocycles. The molecule has 0 amide bonds. The number of nitrogens with zero attached hydrogens (tertiary/aromatic N) is 3. The smallest absolute Gasteiger partial charge is 0.319 e. The van der Waals surface area contributed by atoms with Gasteiger partial charge in [-0.15, -0.1) is 10.2 Å². The SMILES string of the molecule is COC(=O)CN(C)Cc1nnc(-c2ccccc2)o1. The van der Waals surface area contributed by atoms with Gasteiger partial charge in [-0.3, -0.25) is 9.69 Å². The highest BCUT2D eigenvalue weighted by Crippen LogP contribution is 2.17. The fourth-order valence-corrected chi connectivity index (χ4v) is 1.59. The summed E-state index contributed by atoms with van der Waals surface area (Å²) in [6.45, 7) is 0.578. The van der Waals surface area contributed by atoms with Crippen LogP contribution in [0, 0.1) is 0 Å².